The molecule has 1 aliphatic heterocycles. The molecule has 2 aromatic carbocycles. The number of hydrogen-bond acceptors (Lipinski definition) is 4. The quantitative estimate of drug-likeness (QED) is 0.797. The van der Waals surface area contributed by atoms with Crippen molar-refractivity contribution in [1.29, 1.82) is 0 Å². The first kappa shape index (κ1) is 19.9. The van der Waals surface area contributed by atoms with Crippen LogP contribution in [0.1, 0.15) is 25.0 Å². The van der Waals surface area contributed by atoms with E-state index in [2.05, 4.69) is 4.72 Å². The summed E-state index contributed by atoms with van der Waals surface area (Å²) in [5.74, 6) is 0.0603. The van der Waals surface area contributed by atoms with Crippen LogP contribution in [0.4, 0.5) is 5.69 Å². The lowest BCUT2D eigenvalue weighted by atomic mass is 10.0. The van der Waals surface area contributed by atoms with Crippen LogP contribution in [-0.2, 0) is 33.0 Å². The molecule has 0 radical (unpaired) electrons. The van der Waals surface area contributed by atoms with Gasteiger partial charge < -0.3 is 0 Å². The van der Waals surface area contributed by atoms with Gasteiger partial charge in [0.1, 0.15) is 0 Å². The van der Waals surface area contributed by atoms with E-state index in [0.29, 0.717) is 18.7 Å². The third-order valence-electron chi connectivity index (χ3n) is 4.39. The number of hydrogen-bond donors (Lipinski definition) is 1. The van der Waals surface area contributed by atoms with Crippen molar-refractivity contribution >= 4 is 25.7 Å². The second-order valence-electron chi connectivity index (χ2n) is 7.16. The topological polar surface area (TPSA) is 83.6 Å². The van der Waals surface area contributed by atoms with Gasteiger partial charge in [-0.25, -0.2) is 16.8 Å². The highest BCUT2D eigenvalue weighted by atomic mass is 32.2. The molecule has 0 aliphatic carbocycles. The van der Waals surface area contributed by atoms with Crippen LogP contribution < -0.4 is 4.72 Å². The Balaban J connectivity index is 1.83. The zero-order chi connectivity index (χ0) is 19.7. The first-order valence-electron chi connectivity index (χ1n) is 8.85. The molecule has 0 saturated heterocycles. The van der Waals surface area contributed by atoms with E-state index in [1.165, 1.54) is 4.31 Å². The van der Waals surface area contributed by atoms with Crippen LogP contribution in [0.25, 0.3) is 0 Å². The number of rotatable bonds is 6. The van der Waals surface area contributed by atoms with Crippen molar-refractivity contribution in [1.82, 2.24) is 4.31 Å². The summed E-state index contributed by atoms with van der Waals surface area (Å²) in [5.41, 5.74) is 2.33. The molecule has 8 heteroatoms. The molecule has 0 unspecified atom stereocenters. The summed E-state index contributed by atoms with van der Waals surface area (Å²) >= 11 is 0. The average molecular weight is 409 g/mol. The maximum absolute atomic E-state index is 12.8. The van der Waals surface area contributed by atoms with Crippen molar-refractivity contribution < 1.29 is 16.8 Å². The molecule has 1 N–H and O–H groups in total. The Bertz CT molecular complexity index is 1020. The molecule has 3 rings (SSSR count). The summed E-state index contributed by atoms with van der Waals surface area (Å²) in [4.78, 5) is 0.266. The molecule has 0 saturated carbocycles. The fourth-order valence-electron chi connectivity index (χ4n) is 3.20. The van der Waals surface area contributed by atoms with Crippen LogP contribution in [0.3, 0.4) is 0 Å². The maximum Gasteiger partial charge on any atom is 0.243 e. The van der Waals surface area contributed by atoms with Gasteiger partial charge in [0.15, 0.2) is 0 Å². The van der Waals surface area contributed by atoms with Crippen molar-refractivity contribution in [3.63, 3.8) is 0 Å². The summed E-state index contributed by atoms with van der Waals surface area (Å²) in [5, 5.41) is 0. The van der Waals surface area contributed by atoms with Gasteiger partial charge in [0.2, 0.25) is 20.0 Å². The molecule has 2 aromatic rings. The van der Waals surface area contributed by atoms with Gasteiger partial charge in [0.25, 0.3) is 0 Å². The number of sulfonamides is 2. The van der Waals surface area contributed by atoms with Gasteiger partial charge in [-0.1, -0.05) is 38.1 Å². The van der Waals surface area contributed by atoms with E-state index in [9.17, 15) is 16.8 Å². The largest absolute Gasteiger partial charge is 0.284 e. The van der Waals surface area contributed by atoms with E-state index >= 15 is 0 Å². The predicted molar refractivity (Wildman–Crippen MR) is 106 cm³/mol. The van der Waals surface area contributed by atoms with Gasteiger partial charge in [-0.2, -0.15) is 4.31 Å². The minimum absolute atomic E-state index is 0.0200. The van der Waals surface area contributed by atoms with E-state index in [-0.39, 0.29) is 23.1 Å². The minimum Gasteiger partial charge on any atom is -0.284 e. The molecule has 1 heterocycles. The van der Waals surface area contributed by atoms with Crippen LogP contribution >= 0.6 is 0 Å². The van der Waals surface area contributed by atoms with Crippen molar-refractivity contribution in [2.24, 2.45) is 5.92 Å². The Morgan fingerprint density at radius 1 is 1.00 bits per heavy atom. The van der Waals surface area contributed by atoms with Gasteiger partial charge in [0, 0.05) is 18.8 Å². The number of benzene rings is 2. The predicted octanol–water partition coefficient (Wildman–Crippen LogP) is 2.83. The lowest BCUT2D eigenvalue weighted by Gasteiger charge is -2.28. The second kappa shape index (κ2) is 7.61. The highest BCUT2D eigenvalue weighted by Gasteiger charge is 2.28. The zero-order valence-corrected chi connectivity index (χ0v) is 17.1. The monoisotopic (exact) mass is 408 g/mol. The Kier molecular flexibility index (Phi) is 5.60. The smallest absolute Gasteiger partial charge is 0.243 e. The van der Waals surface area contributed by atoms with E-state index in [4.69, 9.17) is 0 Å². The Morgan fingerprint density at radius 2 is 1.70 bits per heavy atom. The van der Waals surface area contributed by atoms with Crippen molar-refractivity contribution in [3.05, 3.63) is 59.7 Å². The van der Waals surface area contributed by atoms with Crippen LogP contribution in [0.2, 0.25) is 0 Å². The van der Waals surface area contributed by atoms with Gasteiger partial charge in [-0.05, 0) is 47.7 Å². The zero-order valence-electron chi connectivity index (χ0n) is 15.4. The number of fused-ring (bicyclic) bond motifs is 1. The lowest BCUT2D eigenvalue weighted by molar-refractivity contribution is 0.391. The van der Waals surface area contributed by atoms with Crippen LogP contribution in [0, 0.1) is 5.92 Å². The standard InChI is InChI=1S/C19H24N2O4S2/c1-15(2)14-26(22,23)20-18-9-8-16-10-11-21(13-17(16)12-18)27(24,25)19-6-4-3-5-7-19/h3-9,12,15,20H,10-11,13-14H2,1-2H3. The fraction of sp³-hybridized carbons (Fsp3) is 0.368. The average Bonchev–Trinajstić information content (AvgIpc) is 2.60. The van der Waals surface area contributed by atoms with E-state index in [0.717, 1.165) is 11.1 Å². The third-order valence-corrected chi connectivity index (χ3v) is 7.90. The summed E-state index contributed by atoms with van der Waals surface area (Å²) in [7, 11) is -7.00. The first-order chi connectivity index (χ1) is 12.7. The molecule has 0 aromatic heterocycles. The summed E-state index contributed by atoms with van der Waals surface area (Å²) in [6.45, 7) is 4.33. The van der Waals surface area contributed by atoms with Gasteiger partial charge >= 0.3 is 0 Å². The Morgan fingerprint density at radius 3 is 2.37 bits per heavy atom. The first-order valence-corrected chi connectivity index (χ1v) is 11.9. The molecule has 0 bridgehead atoms. The molecule has 0 fully saturated rings. The molecule has 1 aliphatic rings. The summed E-state index contributed by atoms with van der Waals surface area (Å²) in [6.07, 6.45) is 0.598. The maximum atomic E-state index is 12.8. The highest BCUT2D eigenvalue weighted by Crippen LogP contribution is 2.27. The fourth-order valence-corrected chi connectivity index (χ4v) is 6.09. The second-order valence-corrected chi connectivity index (χ2v) is 10.9. The summed E-state index contributed by atoms with van der Waals surface area (Å²) in [6, 6.07) is 13.7. The molecule has 27 heavy (non-hydrogen) atoms. The number of nitrogens with one attached hydrogen (secondary N) is 1. The van der Waals surface area contributed by atoms with E-state index in [1.54, 1.807) is 42.5 Å². The van der Waals surface area contributed by atoms with Gasteiger partial charge in [-0.3, -0.25) is 4.72 Å². The molecule has 146 valence electrons. The molecule has 6 nitrogen and oxygen atoms in total. The Labute approximate surface area is 161 Å². The molecular formula is C19H24N2O4S2. The number of nitrogens with zero attached hydrogens (tertiary/aromatic N) is 1. The minimum atomic E-state index is -3.57. The third kappa shape index (κ3) is 4.69. The SMILES string of the molecule is CC(C)CS(=O)(=O)Nc1ccc2c(c1)CN(S(=O)(=O)c1ccccc1)CC2. The number of anilines is 1. The van der Waals surface area contributed by atoms with Gasteiger partial charge in [-0.15, -0.1) is 0 Å². The van der Waals surface area contributed by atoms with Crippen LogP contribution in [-0.4, -0.2) is 33.4 Å². The summed E-state index contributed by atoms with van der Waals surface area (Å²) < 4.78 is 54.1. The van der Waals surface area contributed by atoms with Crippen LogP contribution in [0.5, 0.6) is 0 Å². The Hall–Kier alpha value is -1.90. The lowest BCUT2D eigenvalue weighted by Crippen LogP contribution is -2.36. The molecular weight excluding hydrogens is 384 g/mol. The van der Waals surface area contributed by atoms with Crippen molar-refractivity contribution in [2.75, 3.05) is 17.0 Å². The van der Waals surface area contributed by atoms with Crippen molar-refractivity contribution in [2.45, 2.75) is 31.7 Å². The molecule has 0 spiro atoms. The van der Waals surface area contributed by atoms with Crippen LogP contribution in [0.15, 0.2) is 53.4 Å². The van der Waals surface area contributed by atoms with Crippen molar-refractivity contribution in [3.8, 4) is 0 Å². The highest BCUT2D eigenvalue weighted by molar-refractivity contribution is 7.92. The van der Waals surface area contributed by atoms with Gasteiger partial charge in [0.05, 0.1) is 10.6 Å². The molecule has 0 atom stereocenters. The van der Waals surface area contributed by atoms with E-state index < -0.39 is 20.0 Å². The normalized spacial score (nSPS) is 15.5. The van der Waals surface area contributed by atoms with E-state index in [1.807, 2.05) is 19.9 Å². The molecule has 0 amide bonds.